The molecule has 1 aromatic heterocycles. The largest absolute Gasteiger partial charge is 0.354 e. The van der Waals surface area contributed by atoms with Gasteiger partial charge in [0.05, 0.1) is 12.0 Å². The summed E-state index contributed by atoms with van der Waals surface area (Å²) in [5.41, 5.74) is 0.869. The van der Waals surface area contributed by atoms with Crippen molar-refractivity contribution >= 4 is 5.91 Å². The van der Waals surface area contributed by atoms with E-state index in [1.54, 1.807) is 12.4 Å². The molecule has 0 radical (unpaired) electrons. The number of carbonyl (C=O) groups excluding carboxylic acids is 1. The molecule has 1 amide bonds. The standard InChI is InChI=1S/C13H19N3O2/c1-9(2)13(18)14-5-6-16-8-15-11(7-12(16)17)10-3-4-10/h7-10H,3-6H2,1-2H3,(H,14,18). The maximum Gasteiger partial charge on any atom is 0.253 e. The number of nitrogens with one attached hydrogen (secondary N) is 1. The number of amides is 1. The summed E-state index contributed by atoms with van der Waals surface area (Å²) in [5, 5.41) is 2.78. The molecule has 1 fully saturated rings. The van der Waals surface area contributed by atoms with Crippen LogP contribution in [-0.4, -0.2) is 22.0 Å². The van der Waals surface area contributed by atoms with Crippen LogP contribution in [0.1, 0.15) is 38.3 Å². The van der Waals surface area contributed by atoms with Crippen LogP contribution >= 0.6 is 0 Å². The van der Waals surface area contributed by atoms with Crippen molar-refractivity contribution in [2.24, 2.45) is 5.92 Å². The monoisotopic (exact) mass is 249 g/mol. The van der Waals surface area contributed by atoms with E-state index in [0.29, 0.717) is 19.0 Å². The van der Waals surface area contributed by atoms with E-state index in [2.05, 4.69) is 10.3 Å². The first-order valence-corrected chi connectivity index (χ1v) is 6.42. The molecule has 5 nitrogen and oxygen atoms in total. The van der Waals surface area contributed by atoms with Gasteiger partial charge in [0.25, 0.3) is 5.56 Å². The first-order chi connectivity index (χ1) is 8.58. The molecule has 0 spiro atoms. The van der Waals surface area contributed by atoms with Crippen LogP contribution in [0.15, 0.2) is 17.2 Å². The highest BCUT2D eigenvalue weighted by molar-refractivity contribution is 5.77. The van der Waals surface area contributed by atoms with Gasteiger partial charge in [-0.1, -0.05) is 13.8 Å². The Morgan fingerprint density at radius 1 is 1.56 bits per heavy atom. The lowest BCUT2D eigenvalue weighted by molar-refractivity contribution is -0.124. The second-order valence-corrected chi connectivity index (χ2v) is 5.07. The number of carbonyl (C=O) groups is 1. The van der Waals surface area contributed by atoms with E-state index in [1.807, 2.05) is 13.8 Å². The molecule has 0 aromatic carbocycles. The van der Waals surface area contributed by atoms with Crippen molar-refractivity contribution in [2.75, 3.05) is 6.54 Å². The molecule has 1 N–H and O–H groups in total. The van der Waals surface area contributed by atoms with Gasteiger partial charge in [-0.25, -0.2) is 4.98 Å². The molecule has 0 atom stereocenters. The van der Waals surface area contributed by atoms with Crippen LogP contribution in [0.3, 0.4) is 0 Å². The van der Waals surface area contributed by atoms with E-state index in [0.717, 1.165) is 18.5 Å². The van der Waals surface area contributed by atoms with Crippen LogP contribution in [0, 0.1) is 5.92 Å². The third kappa shape index (κ3) is 3.18. The van der Waals surface area contributed by atoms with Gasteiger partial charge in [-0.2, -0.15) is 0 Å². The molecule has 18 heavy (non-hydrogen) atoms. The normalized spacial score (nSPS) is 14.8. The molecular formula is C13H19N3O2. The summed E-state index contributed by atoms with van der Waals surface area (Å²) in [5.74, 6) is 0.468. The van der Waals surface area contributed by atoms with Gasteiger partial charge >= 0.3 is 0 Å². The Morgan fingerprint density at radius 3 is 2.83 bits per heavy atom. The van der Waals surface area contributed by atoms with Crippen molar-refractivity contribution in [2.45, 2.75) is 39.2 Å². The molecule has 1 aliphatic rings. The quantitative estimate of drug-likeness (QED) is 0.843. The van der Waals surface area contributed by atoms with Crippen molar-refractivity contribution in [3.8, 4) is 0 Å². The zero-order valence-corrected chi connectivity index (χ0v) is 10.8. The molecule has 0 aliphatic heterocycles. The van der Waals surface area contributed by atoms with Crippen molar-refractivity contribution in [3.05, 3.63) is 28.4 Å². The van der Waals surface area contributed by atoms with Crippen molar-refractivity contribution in [1.29, 1.82) is 0 Å². The summed E-state index contributed by atoms with van der Waals surface area (Å²) in [6, 6.07) is 1.61. The van der Waals surface area contributed by atoms with E-state index in [9.17, 15) is 9.59 Å². The topological polar surface area (TPSA) is 64.0 Å². The number of rotatable bonds is 5. The Hall–Kier alpha value is -1.65. The molecule has 1 aliphatic carbocycles. The Bertz CT molecular complexity index is 489. The fourth-order valence-electron chi connectivity index (χ4n) is 1.71. The van der Waals surface area contributed by atoms with Gasteiger partial charge in [-0.3, -0.25) is 14.2 Å². The lowest BCUT2D eigenvalue weighted by Gasteiger charge is -2.09. The minimum atomic E-state index is -0.0364. The third-order valence-corrected chi connectivity index (χ3v) is 3.07. The fraction of sp³-hybridized carbons (Fsp3) is 0.615. The molecular weight excluding hydrogens is 230 g/mol. The molecule has 0 saturated heterocycles. The average Bonchev–Trinajstić information content (AvgIpc) is 3.14. The number of hydrogen-bond donors (Lipinski definition) is 1. The van der Waals surface area contributed by atoms with E-state index >= 15 is 0 Å². The first kappa shape index (κ1) is 12.8. The lowest BCUT2D eigenvalue weighted by atomic mass is 10.2. The van der Waals surface area contributed by atoms with Gasteiger partial charge in [0.1, 0.15) is 0 Å². The molecule has 2 rings (SSSR count). The highest BCUT2D eigenvalue weighted by atomic mass is 16.2. The molecule has 0 bridgehead atoms. The number of aromatic nitrogens is 2. The van der Waals surface area contributed by atoms with Crippen LogP contribution in [-0.2, 0) is 11.3 Å². The van der Waals surface area contributed by atoms with Gasteiger partial charge in [-0.15, -0.1) is 0 Å². The van der Waals surface area contributed by atoms with E-state index in [1.165, 1.54) is 4.57 Å². The Labute approximate surface area is 106 Å². The SMILES string of the molecule is CC(C)C(=O)NCCn1cnc(C2CC2)cc1=O. The Balaban J connectivity index is 1.89. The maximum atomic E-state index is 11.8. The molecule has 1 heterocycles. The fourth-order valence-corrected chi connectivity index (χ4v) is 1.71. The second kappa shape index (κ2) is 5.33. The van der Waals surface area contributed by atoms with Gasteiger partial charge in [0.15, 0.2) is 0 Å². The van der Waals surface area contributed by atoms with Crippen molar-refractivity contribution in [3.63, 3.8) is 0 Å². The Morgan fingerprint density at radius 2 is 2.28 bits per heavy atom. The van der Waals surface area contributed by atoms with Gasteiger partial charge in [0, 0.05) is 31.0 Å². The van der Waals surface area contributed by atoms with Gasteiger partial charge in [-0.05, 0) is 12.8 Å². The maximum absolute atomic E-state index is 11.8. The van der Waals surface area contributed by atoms with Crippen LogP contribution in [0.2, 0.25) is 0 Å². The molecule has 98 valence electrons. The summed E-state index contributed by atoms with van der Waals surface area (Å²) >= 11 is 0. The summed E-state index contributed by atoms with van der Waals surface area (Å²) in [6.07, 6.45) is 3.86. The van der Waals surface area contributed by atoms with Crippen LogP contribution in [0.5, 0.6) is 0 Å². The van der Waals surface area contributed by atoms with Crippen LogP contribution < -0.4 is 10.9 Å². The minimum Gasteiger partial charge on any atom is -0.354 e. The minimum absolute atomic E-state index is 0.00519. The summed E-state index contributed by atoms with van der Waals surface area (Å²) < 4.78 is 1.53. The number of hydrogen-bond acceptors (Lipinski definition) is 3. The van der Waals surface area contributed by atoms with E-state index in [4.69, 9.17) is 0 Å². The van der Waals surface area contributed by atoms with E-state index in [-0.39, 0.29) is 17.4 Å². The average molecular weight is 249 g/mol. The van der Waals surface area contributed by atoms with Crippen LogP contribution in [0.4, 0.5) is 0 Å². The third-order valence-electron chi connectivity index (χ3n) is 3.07. The van der Waals surface area contributed by atoms with Crippen LogP contribution in [0.25, 0.3) is 0 Å². The molecule has 5 heteroatoms. The van der Waals surface area contributed by atoms with Crippen molar-refractivity contribution in [1.82, 2.24) is 14.9 Å². The lowest BCUT2D eigenvalue weighted by Crippen LogP contribution is -2.33. The number of nitrogens with zero attached hydrogens (tertiary/aromatic N) is 2. The highest BCUT2D eigenvalue weighted by Crippen LogP contribution is 2.38. The summed E-state index contributed by atoms with van der Waals surface area (Å²) in [7, 11) is 0. The predicted molar refractivity (Wildman–Crippen MR) is 68.3 cm³/mol. The zero-order valence-electron chi connectivity index (χ0n) is 10.8. The highest BCUT2D eigenvalue weighted by Gasteiger charge is 2.25. The van der Waals surface area contributed by atoms with E-state index < -0.39 is 0 Å². The molecule has 1 aromatic rings. The smallest absolute Gasteiger partial charge is 0.253 e. The predicted octanol–water partition coefficient (Wildman–Crippen LogP) is 0.893. The molecule has 0 unspecified atom stereocenters. The van der Waals surface area contributed by atoms with Gasteiger partial charge in [0.2, 0.25) is 5.91 Å². The zero-order chi connectivity index (χ0) is 13.1. The van der Waals surface area contributed by atoms with Gasteiger partial charge < -0.3 is 5.32 Å². The molecule has 1 saturated carbocycles. The second-order valence-electron chi connectivity index (χ2n) is 5.07. The first-order valence-electron chi connectivity index (χ1n) is 6.42. The van der Waals surface area contributed by atoms with Crippen molar-refractivity contribution < 1.29 is 4.79 Å². The summed E-state index contributed by atoms with van der Waals surface area (Å²) in [6.45, 7) is 4.61. The summed E-state index contributed by atoms with van der Waals surface area (Å²) in [4.78, 5) is 27.4. The Kier molecular flexibility index (Phi) is 3.79.